The van der Waals surface area contributed by atoms with Gasteiger partial charge in [-0.2, -0.15) is 5.26 Å². The molecule has 2 aliphatic carbocycles. The van der Waals surface area contributed by atoms with Gasteiger partial charge in [0.15, 0.2) is 0 Å². The van der Waals surface area contributed by atoms with Crippen LogP contribution in [0.4, 0.5) is 0 Å². The van der Waals surface area contributed by atoms with Crippen LogP contribution < -0.4 is 4.74 Å². The quantitative estimate of drug-likeness (QED) is 0.171. The van der Waals surface area contributed by atoms with Crippen molar-refractivity contribution in [3.05, 3.63) is 174 Å². The highest BCUT2D eigenvalue weighted by Gasteiger charge is 2.56. The van der Waals surface area contributed by atoms with E-state index < -0.39 is 5.41 Å². The number of nitriles is 1. The Balaban J connectivity index is 1.19. The Morgan fingerprint density at radius 3 is 2.29 bits per heavy atom. The standard InChI is InChI=1S/C45H27N3O/c46-26-27-17-20-30-31-21-18-29(25-38(31)45(37(30)23-27)35-10-2-7-15-42(35)49-43-16-8-3-11-36(43)45)28-19-22-33-34(24-28)32-9-1-5-13-40(32)48-41-14-6-4-12-39(41)47-44(33)48/h1-25,35,42H. The van der Waals surface area contributed by atoms with Crippen LogP contribution >= 0.6 is 0 Å². The minimum Gasteiger partial charge on any atom is -0.485 e. The van der Waals surface area contributed by atoms with E-state index in [1.807, 2.05) is 12.1 Å². The van der Waals surface area contributed by atoms with Crippen LogP contribution in [0.3, 0.4) is 0 Å². The fraction of sp³-hybridized carbons (Fsp3) is 0.0667. The van der Waals surface area contributed by atoms with Crippen LogP contribution in [0.5, 0.6) is 5.75 Å². The third-order valence-corrected chi connectivity index (χ3v) is 11.1. The number of nitrogens with zero attached hydrogens (tertiary/aromatic N) is 3. The Hall–Kier alpha value is -6.44. The first-order valence-electron chi connectivity index (χ1n) is 16.8. The van der Waals surface area contributed by atoms with Crippen molar-refractivity contribution >= 4 is 38.4 Å². The lowest BCUT2D eigenvalue weighted by atomic mass is 9.60. The predicted octanol–water partition coefficient (Wildman–Crippen LogP) is 10.2. The molecule has 3 unspecified atom stereocenters. The first-order valence-corrected chi connectivity index (χ1v) is 16.8. The number of rotatable bonds is 1. The maximum Gasteiger partial charge on any atom is 0.146 e. The van der Waals surface area contributed by atoms with E-state index >= 15 is 0 Å². The van der Waals surface area contributed by atoms with Gasteiger partial charge in [0.25, 0.3) is 0 Å². The second-order valence-corrected chi connectivity index (χ2v) is 13.4. The summed E-state index contributed by atoms with van der Waals surface area (Å²) in [5.41, 5.74) is 12.6. The van der Waals surface area contributed by atoms with E-state index in [4.69, 9.17) is 9.72 Å². The van der Waals surface area contributed by atoms with Crippen molar-refractivity contribution in [3.63, 3.8) is 0 Å². The maximum absolute atomic E-state index is 10.1. The third-order valence-electron chi connectivity index (χ3n) is 11.1. The Morgan fingerprint density at radius 2 is 1.37 bits per heavy atom. The van der Waals surface area contributed by atoms with Crippen molar-refractivity contribution in [1.82, 2.24) is 9.38 Å². The average molecular weight is 626 g/mol. The molecule has 4 nitrogen and oxygen atoms in total. The molecule has 1 spiro atoms. The second kappa shape index (κ2) is 9.56. The SMILES string of the molecule is N#Cc1ccc2c(c1)C1(c3ccccc3OC3C=CC=CC31)c1cc(-c3ccc4c(c3)c3ccccc3n3c5ccccc5nc43)ccc1-2. The van der Waals surface area contributed by atoms with Gasteiger partial charge in [-0.15, -0.1) is 0 Å². The number of hydrogen-bond donors (Lipinski definition) is 0. The van der Waals surface area contributed by atoms with Crippen LogP contribution in [-0.4, -0.2) is 15.5 Å². The van der Waals surface area contributed by atoms with Crippen molar-refractivity contribution in [2.75, 3.05) is 0 Å². The van der Waals surface area contributed by atoms with Gasteiger partial charge in [-0.05, 0) is 99.4 Å². The number of ether oxygens (including phenoxy) is 1. The summed E-state index contributed by atoms with van der Waals surface area (Å²) < 4.78 is 8.95. The van der Waals surface area contributed by atoms with E-state index in [0.29, 0.717) is 5.56 Å². The van der Waals surface area contributed by atoms with Gasteiger partial charge in [0.1, 0.15) is 17.5 Å². The molecule has 0 saturated carbocycles. The van der Waals surface area contributed by atoms with Crippen molar-refractivity contribution in [3.8, 4) is 34.1 Å². The summed E-state index contributed by atoms with van der Waals surface area (Å²) in [7, 11) is 0. The van der Waals surface area contributed by atoms with Crippen molar-refractivity contribution in [2.45, 2.75) is 11.5 Å². The van der Waals surface area contributed by atoms with Crippen molar-refractivity contribution in [1.29, 1.82) is 5.26 Å². The van der Waals surface area contributed by atoms with E-state index in [-0.39, 0.29) is 12.0 Å². The van der Waals surface area contributed by atoms with Crippen LogP contribution in [-0.2, 0) is 5.41 Å². The highest BCUT2D eigenvalue weighted by Crippen LogP contribution is 2.62. The Morgan fingerprint density at radius 1 is 0.633 bits per heavy atom. The van der Waals surface area contributed by atoms with Gasteiger partial charge >= 0.3 is 0 Å². The third kappa shape index (κ3) is 3.39. The normalized spacial score (nSPS) is 19.9. The molecule has 2 aromatic heterocycles. The molecular weight excluding hydrogens is 599 g/mol. The van der Waals surface area contributed by atoms with Gasteiger partial charge in [-0.3, -0.25) is 4.40 Å². The Kier molecular flexibility index (Phi) is 5.19. The van der Waals surface area contributed by atoms with Gasteiger partial charge in [0, 0.05) is 22.3 Å². The number of allylic oxidation sites excluding steroid dienone is 2. The molecule has 0 amide bonds. The molecule has 0 saturated heterocycles. The van der Waals surface area contributed by atoms with Crippen LogP contribution in [0, 0.1) is 17.2 Å². The summed E-state index contributed by atoms with van der Waals surface area (Å²) in [6.07, 6.45) is 8.57. The monoisotopic (exact) mass is 625 g/mol. The molecule has 0 fully saturated rings. The molecule has 0 bridgehead atoms. The zero-order valence-corrected chi connectivity index (χ0v) is 26.3. The largest absolute Gasteiger partial charge is 0.485 e. The molecule has 0 radical (unpaired) electrons. The summed E-state index contributed by atoms with van der Waals surface area (Å²) in [6.45, 7) is 0. The molecule has 3 atom stereocenters. The molecule has 49 heavy (non-hydrogen) atoms. The summed E-state index contributed by atoms with van der Waals surface area (Å²) in [5.74, 6) is 0.906. The van der Waals surface area contributed by atoms with Crippen LogP contribution in [0.2, 0.25) is 0 Å². The van der Waals surface area contributed by atoms with E-state index in [9.17, 15) is 5.26 Å². The highest BCUT2D eigenvalue weighted by atomic mass is 16.5. The minimum atomic E-state index is -0.528. The van der Waals surface area contributed by atoms with Gasteiger partial charge in [-0.1, -0.05) is 91.0 Å². The molecule has 0 N–H and O–H groups in total. The Bertz CT molecular complexity index is 2850. The number of hydrogen-bond acceptors (Lipinski definition) is 3. The minimum absolute atomic E-state index is 0.0139. The zero-order chi connectivity index (χ0) is 32.3. The molecule has 4 heteroatoms. The van der Waals surface area contributed by atoms with Crippen LogP contribution in [0.15, 0.2) is 152 Å². The maximum atomic E-state index is 10.1. The molecule has 11 rings (SSSR count). The summed E-state index contributed by atoms with van der Waals surface area (Å²) in [4.78, 5) is 5.11. The van der Waals surface area contributed by atoms with Crippen molar-refractivity contribution in [2.24, 2.45) is 5.92 Å². The zero-order valence-electron chi connectivity index (χ0n) is 26.3. The van der Waals surface area contributed by atoms with Crippen LogP contribution in [0.1, 0.15) is 22.3 Å². The lowest BCUT2D eigenvalue weighted by Crippen LogP contribution is -2.47. The molecule has 1 aliphatic heterocycles. The lowest BCUT2D eigenvalue weighted by Gasteiger charge is -2.47. The molecule has 3 aliphatic rings. The van der Waals surface area contributed by atoms with Crippen molar-refractivity contribution < 1.29 is 4.74 Å². The number of imidazole rings is 1. The highest BCUT2D eigenvalue weighted by molar-refractivity contribution is 6.14. The van der Waals surface area contributed by atoms with E-state index in [1.54, 1.807) is 0 Å². The van der Waals surface area contributed by atoms with Gasteiger partial charge < -0.3 is 4.74 Å². The second-order valence-electron chi connectivity index (χ2n) is 13.4. The van der Waals surface area contributed by atoms with E-state index in [2.05, 4.69) is 150 Å². The van der Waals surface area contributed by atoms with Gasteiger partial charge in [-0.25, -0.2) is 4.98 Å². The number of pyridine rings is 1. The average Bonchev–Trinajstić information content (AvgIpc) is 3.69. The van der Waals surface area contributed by atoms with Crippen LogP contribution in [0.25, 0.3) is 60.6 Å². The fourth-order valence-corrected chi connectivity index (χ4v) is 9.05. The van der Waals surface area contributed by atoms with Gasteiger partial charge in [0.05, 0.1) is 33.6 Å². The smallest absolute Gasteiger partial charge is 0.146 e. The number of benzene rings is 6. The molecule has 228 valence electrons. The Labute approximate surface area is 282 Å². The van der Waals surface area contributed by atoms with E-state index in [1.165, 1.54) is 33.0 Å². The summed E-state index contributed by atoms with van der Waals surface area (Å²) in [5, 5.41) is 13.6. The first kappa shape index (κ1) is 26.6. The predicted molar refractivity (Wildman–Crippen MR) is 196 cm³/mol. The topological polar surface area (TPSA) is 50.3 Å². The number of aromatic nitrogens is 2. The van der Waals surface area contributed by atoms with E-state index in [0.717, 1.165) is 50.0 Å². The number of para-hydroxylation sites is 4. The first-order chi connectivity index (χ1) is 24.2. The molecule has 8 aromatic rings. The fourth-order valence-electron chi connectivity index (χ4n) is 9.05. The number of fused-ring (bicyclic) bond motifs is 17. The summed E-state index contributed by atoms with van der Waals surface area (Å²) >= 11 is 0. The molecule has 6 aromatic carbocycles. The lowest BCUT2D eigenvalue weighted by molar-refractivity contribution is 0.141. The van der Waals surface area contributed by atoms with Gasteiger partial charge in [0.2, 0.25) is 0 Å². The summed E-state index contributed by atoms with van der Waals surface area (Å²) in [6, 6.07) is 47.8. The molecule has 3 heterocycles. The molecular formula is C45H27N3O.